The summed E-state index contributed by atoms with van der Waals surface area (Å²) in [6, 6.07) is 46.2. The molecule has 6 aromatic carbocycles. The van der Waals surface area contributed by atoms with E-state index in [1.54, 1.807) is 0 Å². The highest BCUT2D eigenvalue weighted by Gasteiger charge is 2.41. The zero-order valence-electron chi connectivity index (χ0n) is 43.4. The van der Waals surface area contributed by atoms with Gasteiger partial charge in [0.2, 0.25) is 0 Å². The molecule has 2 heterocycles. The number of rotatable bonds is 22. The normalized spacial score (nSPS) is 15.7. The number of carbonyl (C=O) groups is 4. The molecule has 2 saturated heterocycles. The van der Waals surface area contributed by atoms with Crippen LogP contribution in [0.1, 0.15) is 90.4 Å². The van der Waals surface area contributed by atoms with Crippen molar-refractivity contribution < 1.29 is 33.4 Å². The quantitative estimate of drug-likeness (QED) is 0.0607. The smallest absolute Gasteiger partial charge is 0.183 e. The highest BCUT2D eigenvalue weighted by atomic mass is 16.5. The minimum Gasteiger partial charge on any atom is -0.457 e. The van der Waals surface area contributed by atoms with Crippen molar-refractivity contribution in [1.82, 2.24) is 9.80 Å². The number of morpholine rings is 2. The molecule has 2 aliphatic rings. The number of ether oxygens (including phenoxy) is 3. The molecule has 2 unspecified atom stereocenters. The van der Waals surface area contributed by atoms with Crippen molar-refractivity contribution in [3.63, 3.8) is 0 Å². The van der Waals surface area contributed by atoms with E-state index in [0.717, 1.165) is 59.8 Å². The van der Waals surface area contributed by atoms with Crippen LogP contribution in [0, 0.1) is 0 Å². The average molecular weight is 983 g/mol. The van der Waals surface area contributed by atoms with Gasteiger partial charge in [-0.15, -0.1) is 0 Å². The Hall–Kier alpha value is -6.76. The second-order valence-corrected chi connectivity index (χ2v) is 19.8. The van der Waals surface area contributed by atoms with Gasteiger partial charge in [-0.2, -0.15) is 0 Å². The third-order valence-electron chi connectivity index (χ3n) is 15.1. The van der Waals surface area contributed by atoms with Crippen LogP contribution in [0.15, 0.2) is 146 Å². The van der Waals surface area contributed by atoms with Crippen LogP contribution in [0.2, 0.25) is 0 Å². The highest BCUT2D eigenvalue weighted by molar-refractivity contribution is 6.04. The standard InChI is InChI=1S/C62H70N4O7/c1-7-61(63(3)4,59(69)51-21-25-53(26-22-51)65-33-37-71-38-34-65)43-47-9-17-49(18-10-47)57(67)41-45-13-29-55(30-14-45)73-56-31-15-46(16-32-56)42-58(68)50-19-11-48(12-20-50)44-62(8-2,64(5)6)60(70)52-23-27-54(28-24-52)66-35-39-72-40-36-66/h9-32H,7-8,33-44H2,1-6H3. The first kappa shape index (κ1) is 52.6. The van der Waals surface area contributed by atoms with Crippen LogP contribution in [-0.4, -0.2) is 125 Å². The summed E-state index contributed by atoms with van der Waals surface area (Å²) in [6.45, 7) is 10.3. The van der Waals surface area contributed by atoms with Gasteiger partial charge in [-0.1, -0.05) is 86.6 Å². The first-order valence-corrected chi connectivity index (χ1v) is 25.7. The van der Waals surface area contributed by atoms with Gasteiger partial charge >= 0.3 is 0 Å². The van der Waals surface area contributed by atoms with Gasteiger partial charge in [-0.25, -0.2) is 0 Å². The van der Waals surface area contributed by atoms with Gasteiger partial charge in [-0.3, -0.25) is 29.0 Å². The number of anilines is 2. The number of Topliss-reactive ketones (excluding diaryl/α,β-unsaturated/α-hetero) is 4. The van der Waals surface area contributed by atoms with E-state index in [1.165, 1.54) is 0 Å². The van der Waals surface area contributed by atoms with Gasteiger partial charge in [-0.05, 0) is 149 Å². The SMILES string of the molecule is CCC(Cc1ccc(C(=O)Cc2ccc(Oc3ccc(CC(=O)c4ccc(CC(CC)(C(=O)c5ccc(N6CCOCC6)cc5)N(C)C)cc4)cc3)cc2)cc1)(C(=O)c1ccc(N2CCOCC2)cc1)N(C)C. The summed E-state index contributed by atoms with van der Waals surface area (Å²) in [5.74, 6) is 1.44. The van der Waals surface area contributed by atoms with E-state index in [2.05, 4.69) is 23.6 Å². The molecule has 380 valence electrons. The lowest BCUT2D eigenvalue weighted by atomic mass is 9.80. The van der Waals surface area contributed by atoms with E-state index in [9.17, 15) is 19.2 Å². The molecule has 8 rings (SSSR count). The summed E-state index contributed by atoms with van der Waals surface area (Å²) in [6.07, 6.45) is 2.77. The minimum atomic E-state index is -0.744. The minimum absolute atomic E-state index is 0.00354. The van der Waals surface area contributed by atoms with E-state index in [0.29, 0.717) is 85.9 Å². The topological polar surface area (TPSA) is 109 Å². The van der Waals surface area contributed by atoms with Gasteiger partial charge in [0.15, 0.2) is 23.1 Å². The maximum atomic E-state index is 14.2. The molecule has 73 heavy (non-hydrogen) atoms. The zero-order valence-corrected chi connectivity index (χ0v) is 43.4. The molecule has 2 atom stereocenters. The molecular weight excluding hydrogens is 913 g/mol. The Morgan fingerprint density at radius 3 is 1.04 bits per heavy atom. The van der Waals surface area contributed by atoms with Gasteiger partial charge in [0, 0.05) is 72.6 Å². The van der Waals surface area contributed by atoms with Gasteiger partial charge < -0.3 is 24.0 Å². The molecule has 0 bridgehead atoms. The average Bonchev–Trinajstić information content (AvgIpc) is 3.43. The molecule has 11 heteroatoms. The first-order chi connectivity index (χ1) is 35.3. The predicted molar refractivity (Wildman–Crippen MR) is 290 cm³/mol. The molecule has 2 fully saturated rings. The summed E-state index contributed by atoms with van der Waals surface area (Å²) >= 11 is 0. The van der Waals surface area contributed by atoms with Crippen molar-refractivity contribution in [2.45, 2.75) is 63.5 Å². The van der Waals surface area contributed by atoms with Gasteiger partial charge in [0.05, 0.1) is 37.5 Å². The maximum absolute atomic E-state index is 14.2. The fourth-order valence-corrected chi connectivity index (χ4v) is 10.3. The molecule has 0 aromatic heterocycles. The Kier molecular flexibility index (Phi) is 17.2. The van der Waals surface area contributed by atoms with E-state index in [4.69, 9.17) is 14.2 Å². The van der Waals surface area contributed by atoms with Crippen LogP contribution in [0.25, 0.3) is 0 Å². The van der Waals surface area contributed by atoms with Crippen molar-refractivity contribution in [3.05, 3.63) is 190 Å². The van der Waals surface area contributed by atoms with Gasteiger partial charge in [0.1, 0.15) is 11.5 Å². The maximum Gasteiger partial charge on any atom is 0.183 e. The van der Waals surface area contributed by atoms with Crippen LogP contribution in [0.3, 0.4) is 0 Å². The molecule has 11 nitrogen and oxygen atoms in total. The molecule has 6 aromatic rings. The second kappa shape index (κ2) is 23.9. The lowest BCUT2D eigenvalue weighted by molar-refractivity contribution is 0.0661. The Bertz CT molecular complexity index is 2600. The van der Waals surface area contributed by atoms with Crippen LogP contribution in [0.4, 0.5) is 11.4 Å². The molecule has 0 saturated carbocycles. The number of likely N-dealkylation sites (N-methyl/N-ethyl adjacent to an activating group) is 2. The van der Waals surface area contributed by atoms with Crippen molar-refractivity contribution >= 4 is 34.5 Å². The molecule has 0 spiro atoms. The fraction of sp³-hybridized carbons (Fsp3) is 0.355. The number of ketones is 4. The van der Waals surface area contributed by atoms with Crippen LogP contribution < -0.4 is 14.5 Å². The summed E-state index contributed by atoms with van der Waals surface area (Å²) in [5, 5.41) is 0. The lowest BCUT2D eigenvalue weighted by Gasteiger charge is -2.38. The monoisotopic (exact) mass is 983 g/mol. The van der Waals surface area contributed by atoms with E-state index >= 15 is 0 Å². The second-order valence-electron chi connectivity index (χ2n) is 19.8. The molecule has 0 amide bonds. The predicted octanol–water partition coefficient (Wildman–Crippen LogP) is 10.3. The highest BCUT2D eigenvalue weighted by Crippen LogP contribution is 2.32. The first-order valence-electron chi connectivity index (χ1n) is 25.7. The summed E-state index contributed by atoms with van der Waals surface area (Å²) in [5.41, 5.74) is 7.03. The molecule has 0 aliphatic carbocycles. The number of hydrogen-bond acceptors (Lipinski definition) is 11. The molecule has 2 aliphatic heterocycles. The summed E-state index contributed by atoms with van der Waals surface area (Å²) in [7, 11) is 7.85. The van der Waals surface area contributed by atoms with Crippen molar-refractivity contribution in [3.8, 4) is 11.5 Å². The van der Waals surface area contributed by atoms with Crippen LogP contribution in [0.5, 0.6) is 11.5 Å². The summed E-state index contributed by atoms with van der Waals surface area (Å²) in [4.78, 5) is 63.9. The van der Waals surface area contributed by atoms with E-state index in [-0.39, 0.29) is 36.0 Å². The van der Waals surface area contributed by atoms with E-state index < -0.39 is 11.1 Å². The fourth-order valence-electron chi connectivity index (χ4n) is 10.3. The molecular formula is C62H70N4O7. The third kappa shape index (κ3) is 12.4. The number of carbonyl (C=O) groups excluding carboxylic acids is 4. The van der Waals surface area contributed by atoms with Crippen LogP contribution in [-0.2, 0) is 35.2 Å². The Morgan fingerprint density at radius 2 is 0.740 bits per heavy atom. The van der Waals surface area contributed by atoms with E-state index in [1.807, 2.05) is 184 Å². The number of hydrogen-bond donors (Lipinski definition) is 0. The summed E-state index contributed by atoms with van der Waals surface area (Å²) < 4.78 is 17.1. The third-order valence-corrected chi connectivity index (χ3v) is 15.1. The van der Waals surface area contributed by atoms with Crippen molar-refractivity contribution in [2.75, 3.05) is 90.6 Å². The lowest BCUT2D eigenvalue weighted by Crippen LogP contribution is -2.52. The van der Waals surface area contributed by atoms with Crippen molar-refractivity contribution in [2.24, 2.45) is 0 Å². The molecule has 0 radical (unpaired) electrons. The molecule has 0 N–H and O–H groups in total. The number of nitrogens with zero attached hydrogens (tertiary/aromatic N) is 4. The Balaban J connectivity index is 0.817. The Labute approximate surface area is 431 Å². The zero-order chi connectivity index (χ0) is 51.5. The van der Waals surface area contributed by atoms with Crippen molar-refractivity contribution in [1.29, 1.82) is 0 Å². The largest absolute Gasteiger partial charge is 0.457 e. The van der Waals surface area contributed by atoms with Gasteiger partial charge in [0.25, 0.3) is 0 Å². The van der Waals surface area contributed by atoms with Crippen LogP contribution >= 0.6 is 0 Å². The number of benzene rings is 6. The Morgan fingerprint density at radius 1 is 0.438 bits per heavy atom.